The molecule has 6 heteroatoms. The molecule has 1 amide bonds. The lowest BCUT2D eigenvalue weighted by molar-refractivity contribution is -0.150. The number of hydrogen-bond donors (Lipinski definition) is 1. The number of carbonyl (C=O) groups is 2. The number of hydrogen-bond acceptors (Lipinski definition) is 4. The average molecular weight is 362 g/mol. The quantitative estimate of drug-likeness (QED) is 0.767. The van der Waals surface area contributed by atoms with E-state index in [-0.39, 0.29) is 25.2 Å². The van der Waals surface area contributed by atoms with E-state index in [4.69, 9.17) is 21.1 Å². The summed E-state index contributed by atoms with van der Waals surface area (Å²) in [6.07, 6.45) is 0. The van der Waals surface area contributed by atoms with Gasteiger partial charge in [-0.25, -0.2) is 4.79 Å². The summed E-state index contributed by atoms with van der Waals surface area (Å²) in [6, 6.07) is 14.5. The van der Waals surface area contributed by atoms with Crippen LogP contribution in [0, 0.1) is 6.92 Å². The van der Waals surface area contributed by atoms with Crippen molar-refractivity contribution in [3.8, 4) is 5.75 Å². The van der Waals surface area contributed by atoms with Crippen molar-refractivity contribution in [1.29, 1.82) is 0 Å². The zero-order valence-corrected chi connectivity index (χ0v) is 14.9. The van der Waals surface area contributed by atoms with Crippen molar-refractivity contribution >= 4 is 23.5 Å². The standard InChI is InChI=1S/C19H20ClNO4/c1-13-10-16(20)8-9-17(13)24-12-19(23)25-11-18(22)21-14(2)15-6-4-3-5-7-15/h3-10,14H,11-12H2,1-2H3,(H,21,22)/t14-/m1/s1. The maximum Gasteiger partial charge on any atom is 0.344 e. The number of carbonyl (C=O) groups excluding carboxylic acids is 2. The van der Waals surface area contributed by atoms with E-state index in [0.29, 0.717) is 10.8 Å². The van der Waals surface area contributed by atoms with Crippen LogP contribution in [-0.2, 0) is 14.3 Å². The molecular formula is C19H20ClNO4. The maximum absolute atomic E-state index is 11.9. The molecule has 0 unspecified atom stereocenters. The molecule has 0 aromatic heterocycles. The SMILES string of the molecule is Cc1cc(Cl)ccc1OCC(=O)OCC(=O)N[C@H](C)c1ccccc1. The topological polar surface area (TPSA) is 64.6 Å². The monoisotopic (exact) mass is 361 g/mol. The van der Waals surface area contributed by atoms with Crippen LogP contribution in [0.1, 0.15) is 24.1 Å². The van der Waals surface area contributed by atoms with Crippen molar-refractivity contribution in [2.75, 3.05) is 13.2 Å². The highest BCUT2D eigenvalue weighted by atomic mass is 35.5. The lowest BCUT2D eigenvalue weighted by Gasteiger charge is -2.14. The van der Waals surface area contributed by atoms with Gasteiger partial charge in [-0.05, 0) is 43.2 Å². The van der Waals surface area contributed by atoms with Gasteiger partial charge in [0.1, 0.15) is 5.75 Å². The van der Waals surface area contributed by atoms with Gasteiger partial charge in [-0.1, -0.05) is 41.9 Å². The molecular weight excluding hydrogens is 342 g/mol. The third kappa shape index (κ3) is 6.12. The zero-order valence-electron chi connectivity index (χ0n) is 14.1. The van der Waals surface area contributed by atoms with E-state index in [1.807, 2.05) is 44.2 Å². The van der Waals surface area contributed by atoms with Crippen LogP contribution in [0.15, 0.2) is 48.5 Å². The third-order valence-electron chi connectivity index (χ3n) is 3.52. The van der Waals surface area contributed by atoms with Crippen molar-refractivity contribution in [3.63, 3.8) is 0 Å². The third-order valence-corrected chi connectivity index (χ3v) is 3.76. The predicted molar refractivity (Wildman–Crippen MR) is 95.6 cm³/mol. The lowest BCUT2D eigenvalue weighted by atomic mass is 10.1. The van der Waals surface area contributed by atoms with E-state index in [0.717, 1.165) is 11.1 Å². The summed E-state index contributed by atoms with van der Waals surface area (Å²) in [4.78, 5) is 23.6. The number of rotatable bonds is 7. The molecule has 0 aliphatic heterocycles. The number of amides is 1. The second-order valence-corrected chi connectivity index (χ2v) is 6.00. The van der Waals surface area contributed by atoms with Crippen molar-refractivity contribution in [2.24, 2.45) is 0 Å². The average Bonchev–Trinajstić information content (AvgIpc) is 2.60. The molecule has 2 aromatic rings. The molecule has 0 bridgehead atoms. The first kappa shape index (κ1) is 18.8. The Hall–Kier alpha value is -2.53. The Kier molecular flexibility index (Phi) is 6.83. The second kappa shape index (κ2) is 9.08. The normalized spacial score (nSPS) is 11.5. The van der Waals surface area contributed by atoms with Gasteiger partial charge in [0.2, 0.25) is 0 Å². The Bertz CT molecular complexity index is 733. The largest absolute Gasteiger partial charge is 0.482 e. The summed E-state index contributed by atoms with van der Waals surface area (Å²) in [6.45, 7) is 3.06. The van der Waals surface area contributed by atoms with Gasteiger partial charge in [0.05, 0.1) is 6.04 Å². The minimum atomic E-state index is -0.614. The Morgan fingerprint density at radius 1 is 1.12 bits per heavy atom. The van der Waals surface area contributed by atoms with Crippen LogP contribution in [0.2, 0.25) is 5.02 Å². The Labute approximate surface area is 151 Å². The number of ether oxygens (including phenoxy) is 2. The molecule has 2 aromatic carbocycles. The van der Waals surface area contributed by atoms with Crippen LogP contribution >= 0.6 is 11.6 Å². The fourth-order valence-electron chi connectivity index (χ4n) is 2.21. The van der Waals surface area contributed by atoms with Gasteiger partial charge in [0.25, 0.3) is 5.91 Å². The molecule has 5 nitrogen and oxygen atoms in total. The molecule has 0 radical (unpaired) electrons. The maximum atomic E-state index is 11.9. The van der Waals surface area contributed by atoms with E-state index in [9.17, 15) is 9.59 Å². The van der Waals surface area contributed by atoms with E-state index < -0.39 is 5.97 Å². The molecule has 0 aliphatic carbocycles. The molecule has 132 valence electrons. The van der Waals surface area contributed by atoms with Gasteiger partial charge in [-0.15, -0.1) is 0 Å². The molecule has 25 heavy (non-hydrogen) atoms. The number of halogens is 1. The van der Waals surface area contributed by atoms with Crippen molar-refractivity contribution in [3.05, 3.63) is 64.7 Å². The van der Waals surface area contributed by atoms with Gasteiger partial charge < -0.3 is 14.8 Å². The fraction of sp³-hybridized carbons (Fsp3) is 0.263. The summed E-state index contributed by atoms with van der Waals surface area (Å²) in [7, 11) is 0. The molecule has 0 heterocycles. The van der Waals surface area contributed by atoms with Gasteiger partial charge in [-0.3, -0.25) is 4.79 Å². The van der Waals surface area contributed by atoms with Crippen LogP contribution in [0.4, 0.5) is 0 Å². The number of nitrogens with one attached hydrogen (secondary N) is 1. The predicted octanol–water partition coefficient (Wildman–Crippen LogP) is 3.45. The van der Waals surface area contributed by atoms with Gasteiger partial charge in [-0.2, -0.15) is 0 Å². The molecule has 0 aliphatic rings. The van der Waals surface area contributed by atoms with Crippen molar-refractivity contribution < 1.29 is 19.1 Å². The van der Waals surface area contributed by atoms with Gasteiger partial charge in [0.15, 0.2) is 13.2 Å². The van der Waals surface area contributed by atoms with E-state index in [1.54, 1.807) is 18.2 Å². The number of aryl methyl sites for hydroxylation is 1. The smallest absolute Gasteiger partial charge is 0.344 e. The van der Waals surface area contributed by atoms with Crippen molar-refractivity contribution in [1.82, 2.24) is 5.32 Å². The van der Waals surface area contributed by atoms with E-state index in [2.05, 4.69) is 5.32 Å². The number of esters is 1. The zero-order chi connectivity index (χ0) is 18.2. The Morgan fingerprint density at radius 2 is 1.84 bits per heavy atom. The summed E-state index contributed by atoms with van der Waals surface area (Å²) in [5.41, 5.74) is 1.79. The van der Waals surface area contributed by atoms with Crippen LogP contribution in [0.25, 0.3) is 0 Å². The summed E-state index contributed by atoms with van der Waals surface area (Å²) in [5.74, 6) is -0.437. The fourth-order valence-corrected chi connectivity index (χ4v) is 2.43. The second-order valence-electron chi connectivity index (χ2n) is 5.56. The highest BCUT2D eigenvalue weighted by Crippen LogP contribution is 2.21. The molecule has 2 rings (SSSR count). The van der Waals surface area contributed by atoms with Crippen molar-refractivity contribution in [2.45, 2.75) is 19.9 Å². The first-order valence-corrected chi connectivity index (χ1v) is 8.22. The molecule has 0 fully saturated rings. The first-order valence-electron chi connectivity index (χ1n) is 7.84. The van der Waals surface area contributed by atoms with Crippen LogP contribution in [-0.4, -0.2) is 25.1 Å². The summed E-state index contributed by atoms with van der Waals surface area (Å²) < 4.78 is 10.3. The van der Waals surface area contributed by atoms with Gasteiger partial charge in [0, 0.05) is 5.02 Å². The minimum Gasteiger partial charge on any atom is -0.482 e. The number of benzene rings is 2. The Morgan fingerprint density at radius 3 is 2.52 bits per heavy atom. The highest BCUT2D eigenvalue weighted by Gasteiger charge is 2.12. The van der Waals surface area contributed by atoms with Crippen LogP contribution in [0.3, 0.4) is 0 Å². The molecule has 0 saturated carbocycles. The van der Waals surface area contributed by atoms with Gasteiger partial charge >= 0.3 is 5.97 Å². The van der Waals surface area contributed by atoms with Crippen LogP contribution in [0.5, 0.6) is 5.75 Å². The van der Waals surface area contributed by atoms with E-state index >= 15 is 0 Å². The first-order chi connectivity index (χ1) is 12.0. The molecule has 0 saturated heterocycles. The van der Waals surface area contributed by atoms with E-state index in [1.165, 1.54) is 0 Å². The molecule has 0 spiro atoms. The molecule has 1 N–H and O–H groups in total. The summed E-state index contributed by atoms with van der Waals surface area (Å²) in [5, 5.41) is 3.36. The van der Waals surface area contributed by atoms with Crippen LogP contribution < -0.4 is 10.1 Å². The summed E-state index contributed by atoms with van der Waals surface area (Å²) >= 11 is 5.86. The highest BCUT2D eigenvalue weighted by molar-refractivity contribution is 6.30. The lowest BCUT2D eigenvalue weighted by Crippen LogP contribution is -2.31. The minimum absolute atomic E-state index is 0.166. The molecule has 1 atom stereocenters. The Balaban J connectivity index is 1.73.